The molecule has 0 saturated carbocycles. The van der Waals surface area contributed by atoms with Crippen LogP contribution in [-0.2, 0) is 14.3 Å². The van der Waals surface area contributed by atoms with Gasteiger partial charge >= 0.3 is 5.97 Å². The molecular weight excluding hydrogens is 1100 g/mol. The Morgan fingerprint density at radius 3 is 0.789 bits per heavy atom. The molecule has 0 bridgehead atoms. The number of ether oxygens (including phenoxy) is 1. The van der Waals surface area contributed by atoms with Crippen LogP contribution in [0.5, 0.6) is 0 Å². The highest BCUT2D eigenvalue weighted by Gasteiger charge is 2.20. The van der Waals surface area contributed by atoms with Crippen molar-refractivity contribution in [3.63, 3.8) is 0 Å². The molecule has 536 valence electrons. The van der Waals surface area contributed by atoms with Crippen molar-refractivity contribution in [3.8, 4) is 0 Å². The molecule has 0 aromatic heterocycles. The van der Waals surface area contributed by atoms with E-state index in [4.69, 9.17) is 4.74 Å². The zero-order valence-electron chi connectivity index (χ0n) is 61.7. The number of hydrogen-bond donors (Lipinski definition) is 3. The van der Waals surface area contributed by atoms with E-state index in [1.54, 1.807) is 0 Å². The summed E-state index contributed by atoms with van der Waals surface area (Å²) in [7, 11) is 0. The maximum atomic E-state index is 12.6. The Balaban J connectivity index is 3.33. The number of allylic oxidation sites excluding steroid dienone is 2. The topological polar surface area (TPSA) is 95.9 Å². The lowest BCUT2D eigenvalue weighted by molar-refractivity contribution is -0.143. The van der Waals surface area contributed by atoms with E-state index >= 15 is 0 Å². The van der Waals surface area contributed by atoms with Crippen molar-refractivity contribution in [2.45, 2.75) is 501 Å². The molecule has 90 heavy (non-hydrogen) atoms. The molecule has 0 fully saturated rings. The van der Waals surface area contributed by atoms with Gasteiger partial charge in [0.2, 0.25) is 5.91 Å². The standard InChI is InChI=1S/C84H165NO5/c1-3-5-7-9-11-13-15-17-19-20-21-22-36-39-42-45-49-52-56-60-64-68-72-76-82(87)81(80-86)85-83(88)77-73-69-65-61-57-53-50-46-43-40-37-34-32-30-28-26-24-23-25-27-29-31-33-35-38-41-44-47-51-55-59-63-67-71-75-79-90-84(89)78-74-70-66-62-58-54-48-18-16-14-12-10-8-6-4-2/h25,27,81-82,86-87H,3-24,26,28-80H2,1-2H3,(H,85,88)/b27-25-. The van der Waals surface area contributed by atoms with E-state index in [1.165, 1.54) is 417 Å². The van der Waals surface area contributed by atoms with E-state index in [9.17, 15) is 19.8 Å². The van der Waals surface area contributed by atoms with Crippen LogP contribution in [0.1, 0.15) is 489 Å². The van der Waals surface area contributed by atoms with Crippen LogP contribution in [0, 0.1) is 0 Å². The summed E-state index contributed by atoms with van der Waals surface area (Å²) in [6.45, 7) is 5.02. The van der Waals surface area contributed by atoms with Gasteiger partial charge in [0.25, 0.3) is 0 Å². The number of rotatable bonds is 80. The summed E-state index contributed by atoms with van der Waals surface area (Å²) in [6.07, 6.45) is 102. The number of carbonyl (C=O) groups is 2. The first-order chi connectivity index (χ1) is 44.5. The molecule has 1 amide bonds. The van der Waals surface area contributed by atoms with Crippen LogP contribution in [0.3, 0.4) is 0 Å². The van der Waals surface area contributed by atoms with Crippen LogP contribution < -0.4 is 5.32 Å². The first kappa shape index (κ1) is 88.6. The van der Waals surface area contributed by atoms with Crippen molar-refractivity contribution in [2.75, 3.05) is 13.2 Å². The van der Waals surface area contributed by atoms with Crippen molar-refractivity contribution in [2.24, 2.45) is 0 Å². The van der Waals surface area contributed by atoms with Gasteiger partial charge in [0.15, 0.2) is 0 Å². The minimum atomic E-state index is -0.663. The van der Waals surface area contributed by atoms with Crippen molar-refractivity contribution in [1.82, 2.24) is 5.32 Å². The van der Waals surface area contributed by atoms with E-state index in [1.807, 2.05) is 0 Å². The number of nitrogens with one attached hydrogen (secondary N) is 1. The van der Waals surface area contributed by atoms with Gasteiger partial charge in [-0.05, 0) is 51.4 Å². The molecule has 0 rings (SSSR count). The lowest BCUT2D eigenvalue weighted by Crippen LogP contribution is -2.45. The smallest absolute Gasteiger partial charge is 0.305 e. The molecule has 0 aliphatic rings. The van der Waals surface area contributed by atoms with Crippen LogP contribution >= 0.6 is 0 Å². The van der Waals surface area contributed by atoms with Crippen molar-refractivity contribution in [1.29, 1.82) is 0 Å². The predicted octanol–water partition coefficient (Wildman–Crippen LogP) is 27.8. The minimum Gasteiger partial charge on any atom is -0.466 e. The number of amides is 1. The van der Waals surface area contributed by atoms with E-state index in [2.05, 4.69) is 31.3 Å². The summed E-state index contributed by atoms with van der Waals surface area (Å²) >= 11 is 0. The van der Waals surface area contributed by atoms with Gasteiger partial charge in [0.1, 0.15) is 0 Å². The molecule has 2 atom stereocenters. The van der Waals surface area contributed by atoms with Crippen LogP contribution in [0.2, 0.25) is 0 Å². The number of unbranched alkanes of at least 4 members (excludes halogenated alkanes) is 67. The fourth-order valence-corrected chi connectivity index (χ4v) is 13.7. The highest BCUT2D eigenvalue weighted by Crippen LogP contribution is 2.21. The monoisotopic (exact) mass is 1270 g/mol. The number of esters is 1. The zero-order valence-corrected chi connectivity index (χ0v) is 61.7. The summed E-state index contributed by atoms with van der Waals surface area (Å²) < 4.78 is 5.51. The van der Waals surface area contributed by atoms with Crippen LogP contribution in [0.25, 0.3) is 0 Å². The maximum Gasteiger partial charge on any atom is 0.305 e. The van der Waals surface area contributed by atoms with Gasteiger partial charge in [-0.3, -0.25) is 9.59 Å². The number of aliphatic hydroxyl groups excluding tert-OH is 2. The molecule has 0 aliphatic carbocycles. The lowest BCUT2D eigenvalue weighted by Gasteiger charge is -2.22. The van der Waals surface area contributed by atoms with Crippen LogP contribution in [0.15, 0.2) is 12.2 Å². The first-order valence-electron chi connectivity index (χ1n) is 41.9. The van der Waals surface area contributed by atoms with Gasteiger partial charge in [-0.15, -0.1) is 0 Å². The Bertz CT molecular complexity index is 1370. The Morgan fingerprint density at radius 1 is 0.300 bits per heavy atom. The Hall–Kier alpha value is -1.40. The quantitative estimate of drug-likeness (QED) is 0.0320. The molecule has 0 spiro atoms. The van der Waals surface area contributed by atoms with Gasteiger partial charge in [0.05, 0.1) is 25.4 Å². The van der Waals surface area contributed by atoms with Gasteiger partial charge in [0, 0.05) is 12.8 Å². The average molecular weight is 1270 g/mol. The Morgan fingerprint density at radius 2 is 0.522 bits per heavy atom. The Kier molecular flexibility index (Phi) is 78.8. The minimum absolute atomic E-state index is 0.0245. The van der Waals surface area contributed by atoms with E-state index < -0.39 is 12.1 Å². The lowest BCUT2D eigenvalue weighted by atomic mass is 10.0. The summed E-state index contributed by atoms with van der Waals surface area (Å²) in [5.41, 5.74) is 0. The largest absolute Gasteiger partial charge is 0.466 e. The fraction of sp³-hybridized carbons (Fsp3) is 0.952. The SMILES string of the molecule is CCCCCCCCCCCCCCCCCCCCCCCCCC(O)C(CO)NC(=O)CCCCCCCCCCCCCCCCCCC/C=C\CCCCCCCCCCCCCCCCOC(=O)CCCCCCCCCCCCCCCCC. The van der Waals surface area contributed by atoms with Crippen molar-refractivity contribution >= 4 is 11.9 Å². The molecular formula is C84H165NO5. The zero-order chi connectivity index (χ0) is 64.9. The third-order valence-corrected chi connectivity index (χ3v) is 20.1. The van der Waals surface area contributed by atoms with E-state index in [0.717, 1.165) is 38.5 Å². The highest BCUT2D eigenvalue weighted by atomic mass is 16.5. The summed E-state index contributed by atoms with van der Waals surface area (Å²) in [5, 5.41) is 23.5. The van der Waals surface area contributed by atoms with Gasteiger partial charge in [-0.1, -0.05) is 437 Å². The molecule has 0 aromatic rings. The molecule has 0 radical (unpaired) electrons. The first-order valence-corrected chi connectivity index (χ1v) is 41.9. The molecule has 6 nitrogen and oxygen atoms in total. The van der Waals surface area contributed by atoms with Gasteiger partial charge in [-0.2, -0.15) is 0 Å². The second-order valence-corrected chi connectivity index (χ2v) is 29.2. The Labute approximate surface area is 565 Å². The summed E-state index contributed by atoms with van der Waals surface area (Å²) in [5.74, 6) is -0.000547. The van der Waals surface area contributed by atoms with Gasteiger partial charge in [-0.25, -0.2) is 0 Å². The van der Waals surface area contributed by atoms with Gasteiger partial charge < -0.3 is 20.3 Å². The van der Waals surface area contributed by atoms with Crippen molar-refractivity contribution in [3.05, 3.63) is 12.2 Å². The van der Waals surface area contributed by atoms with Crippen molar-refractivity contribution < 1.29 is 24.5 Å². The normalized spacial score (nSPS) is 12.4. The molecule has 3 N–H and O–H groups in total. The molecule has 0 heterocycles. The van der Waals surface area contributed by atoms with Crippen LogP contribution in [0.4, 0.5) is 0 Å². The van der Waals surface area contributed by atoms with E-state index in [0.29, 0.717) is 25.9 Å². The highest BCUT2D eigenvalue weighted by molar-refractivity contribution is 5.76. The third-order valence-electron chi connectivity index (χ3n) is 20.1. The molecule has 0 saturated heterocycles. The second kappa shape index (κ2) is 80.0. The summed E-state index contributed by atoms with van der Waals surface area (Å²) in [6, 6.07) is -0.539. The van der Waals surface area contributed by atoms with Crippen LogP contribution in [-0.4, -0.2) is 47.4 Å². The molecule has 0 aromatic carbocycles. The number of carbonyl (C=O) groups excluding carboxylic acids is 2. The number of aliphatic hydroxyl groups is 2. The summed E-state index contributed by atoms with van der Waals surface area (Å²) in [4.78, 5) is 24.7. The second-order valence-electron chi connectivity index (χ2n) is 29.2. The number of hydrogen-bond acceptors (Lipinski definition) is 5. The maximum absolute atomic E-state index is 12.6. The van der Waals surface area contributed by atoms with E-state index in [-0.39, 0.29) is 18.5 Å². The average Bonchev–Trinajstić information content (AvgIpc) is 3.58. The predicted molar refractivity (Wildman–Crippen MR) is 398 cm³/mol. The molecule has 6 heteroatoms. The third kappa shape index (κ3) is 75.6. The molecule has 2 unspecified atom stereocenters. The molecule has 0 aliphatic heterocycles. The fourth-order valence-electron chi connectivity index (χ4n) is 13.7.